The van der Waals surface area contributed by atoms with Crippen molar-refractivity contribution in [3.05, 3.63) is 41.9 Å². The lowest BCUT2D eigenvalue weighted by atomic mass is 10.1. The van der Waals surface area contributed by atoms with Gasteiger partial charge in [0.2, 0.25) is 5.91 Å². The average molecular weight is 423 g/mol. The molecule has 164 valence electrons. The maximum atomic E-state index is 13.8. The highest BCUT2D eigenvalue weighted by Crippen LogP contribution is 2.24. The van der Waals surface area contributed by atoms with E-state index in [-0.39, 0.29) is 42.5 Å². The van der Waals surface area contributed by atoms with Gasteiger partial charge in [0.05, 0.1) is 17.3 Å². The molecule has 1 aromatic carbocycles. The molecule has 0 radical (unpaired) electrons. The average Bonchev–Trinajstić information content (AvgIpc) is 3.05. The number of aryl methyl sites for hydroxylation is 1. The second kappa shape index (κ2) is 9.23. The number of carbonyl (C=O) groups excluding carboxylic acids is 2. The number of ether oxygens (including phenoxy) is 1. The maximum Gasteiger partial charge on any atom is 0.407 e. The summed E-state index contributed by atoms with van der Waals surface area (Å²) in [5.41, 5.74) is -1.22. The monoisotopic (exact) mass is 423 g/mol. The van der Waals surface area contributed by atoms with Crippen LogP contribution in [0.3, 0.4) is 0 Å². The van der Waals surface area contributed by atoms with E-state index in [1.54, 1.807) is 34.6 Å². The van der Waals surface area contributed by atoms with Crippen molar-refractivity contribution in [3.8, 4) is 11.3 Å². The Morgan fingerprint density at radius 2 is 1.87 bits per heavy atom. The summed E-state index contributed by atoms with van der Waals surface area (Å²) < 4.78 is 37.5. The second-order valence-corrected chi connectivity index (χ2v) is 8.53. The summed E-state index contributed by atoms with van der Waals surface area (Å²) in [6.07, 6.45) is 1.05. The van der Waals surface area contributed by atoms with Crippen molar-refractivity contribution in [1.29, 1.82) is 0 Å². The first-order valence-electron chi connectivity index (χ1n) is 9.53. The minimum atomic E-state index is -0.755. The molecular weight excluding hydrogens is 396 g/mol. The zero-order valence-electron chi connectivity index (χ0n) is 17.8. The molecule has 0 aliphatic carbocycles. The van der Waals surface area contributed by atoms with Crippen LogP contribution in [-0.2, 0) is 16.0 Å². The molecule has 7 nitrogen and oxygen atoms in total. The molecule has 0 saturated heterocycles. The van der Waals surface area contributed by atoms with Gasteiger partial charge < -0.3 is 19.8 Å². The van der Waals surface area contributed by atoms with E-state index >= 15 is 0 Å². The van der Waals surface area contributed by atoms with Crippen molar-refractivity contribution in [3.63, 3.8) is 0 Å². The summed E-state index contributed by atoms with van der Waals surface area (Å²) in [6, 6.07) is 3.15. The Bertz CT molecular complexity index is 904. The predicted molar refractivity (Wildman–Crippen MR) is 107 cm³/mol. The molecule has 1 heterocycles. The summed E-state index contributed by atoms with van der Waals surface area (Å²) in [5, 5.41) is 5.44. The quantitative estimate of drug-likeness (QED) is 0.703. The molecule has 0 unspecified atom stereocenters. The molecule has 0 atom stereocenters. The number of nitrogens with one attached hydrogen (secondary N) is 2. The third kappa shape index (κ3) is 7.46. The first kappa shape index (κ1) is 23.3. The summed E-state index contributed by atoms with van der Waals surface area (Å²) >= 11 is 0. The molecule has 2 N–H and O–H groups in total. The number of amides is 2. The molecule has 30 heavy (non-hydrogen) atoms. The fourth-order valence-electron chi connectivity index (χ4n) is 2.55. The predicted octanol–water partition coefficient (Wildman–Crippen LogP) is 3.97. The molecule has 0 saturated carbocycles. The van der Waals surface area contributed by atoms with Gasteiger partial charge in [0.25, 0.3) is 0 Å². The fraction of sp³-hybridized carbons (Fsp3) is 0.476. The minimum Gasteiger partial charge on any atom is -0.444 e. The number of aromatic nitrogens is 1. The third-order valence-electron chi connectivity index (χ3n) is 3.87. The van der Waals surface area contributed by atoms with Gasteiger partial charge in [-0.15, -0.1) is 0 Å². The number of alkyl carbamates (subject to hydrolysis) is 1. The van der Waals surface area contributed by atoms with Crippen LogP contribution in [0.1, 0.15) is 46.9 Å². The normalized spacial score (nSPS) is 11.8. The van der Waals surface area contributed by atoms with Gasteiger partial charge in [-0.05, 0) is 46.8 Å². The van der Waals surface area contributed by atoms with E-state index in [2.05, 4.69) is 15.6 Å². The van der Waals surface area contributed by atoms with Crippen LogP contribution in [0.4, 0.5) is 13.6 Å². The van der Waals surface area contributed by atoms with Crippen LogP contribution in [0.15, 0.2) is 28.8 Å². The molecular formula is C21H27F2N3O4. The van der Waals surface area contributed by atoms with Crippen molar-refractivity contribution in [2.75, 3.05) is 6.54 Å². The number of hydrogen-bond donors (Lipinski definition) is 2. The van der Waals surface area contributed by atoms with Gasteiger partial charge >= 0.3 is 6.09 Å². The topological polar surface area (TPSA) is 93.5 Å². The first-order valence-corrected chi connectivity index (χ1v) is 9.53. The minimum absolute atomic E-state index is 0.0850. The van der Waals surface area contributed by atoms with Gasteiger partial charge in [-0.25, -0.2) is 18.6 Å². The third-order valence-corrected chi connectivity index (χ3v) is 3.87. The summed E-state index contributed by atoms with van der Waals surface area (Å²) in [5.74, 6) is -1.29. The highest BCUT2D eigenvalue weighted by atomic mass is 19.1. The Hall–Kier alpha value is -2.97. The molecule has 0 fully saturated rings. The van der Waals surface area contributed by atoms with Gasteiger partial charge in [0.15, 0.2) is 11.7 Å². The highest BCUT2D eigenvalue weighted by molar-refractivity contribution is 5.77. The van der Waals surface area contributed by atoms with Gasteiger partial charge in [-0.3, -0.25) is 4.79 Å². The largest absolute Gasteiger partial charge is 0.444 e. The summed E-state index contributed by atoms with van der Waals surface area (Å²) in [4.78, 5) is 28.0. The van der Waals surface area contributed by atoms with E-state index in [0.29, 0.717) is 0 Å². The van der Waals surface area contributed by atoms with Gasteiger partial charge in [-0.2, -0.15) is 0 Å². The van der Waals surface area contributed by atoms with Crippen LogP contribution in [-0.4, -0.2) is 34.7 Å². The van der Waals surface area contributed by atoms with Crippen molar-refractivity contribution in [1.82, 2.24) is 15.6 Å². The number of rotatable bonds is 7. The molecule has 2 aromatic rings. The molecule has 9 heteroatoms. The number of benzene rings is 1. The molecule has 0 bridgehead atoms. The van der Waals surface area contributed by atoms with Crippen LogP contribution in [0.25, 0.3) is 11.3 Å². The van der Waals surface area contributed by atoms with E-state index in [4.69, 9.17) is 9.15 Å². The Labute approximate surface area is 174 Å². The molecule has 1 aromatic heterocycles. The Morgan fingerprint density at radius 1 is 1.17 bits per heavy atom. The number of carbonyl (C=O) groups is 2. The Morgan fingerprint density at radius 3 is 2.50 bits per heavy atom. The van der Waals surface area contributed by atoms with Crippen molar-refractivity contribution >= 4 is 12.0 Å². The highest BCUT2D eigenvalue weighted by Gasteiger charge is 2.23. The first-order chi connectivity index (χ1) is 13.8. The molecule has 0 aliphatic heterocycles. The van der Waals surface area contributed by atoms with Crippen LogP contribution < -0.4 is 10.6 Å². The van der Waals surface area contributed by atoms with E-state index in [9.17, 15) is 18.4 Å². The fourth-order valence-corrected chi connectivity index (χ4v) is 2.55. The maximum absolute atomic E-state index is 13.8. The van der Waals surface area contributed by atoms with Crippen molar-refractivity contribution in [2.24, 2.45) is 0 Å². The van der Waals surface area contributed by atoms with Gasteiger partial charge in [0, 0.05) is 25.5 Å². The van der Waals surface area contributed by atoms with Crippen molar-refractivity contribution < 1.29 is 27.5 Å². The lowest BCUT2D eigenvalue weighted by Gasteiger charge is -2.27. The summed E-state index contributed by atoms with van der Waals surface area (Å²) in [6.45, 7) is 9.00. The van der Waals surface area contributed by atoms with Crippen LogP contribution in [0.5, 0.6) is 0 Å². The Balaban J connectivity index is 1.84. The second-order valence-electron chi connectivity index (χ2n) is 8.53. The van der Waals surface area contributed by atoms with Gasteiger partial charge in [0.1, 0.15) is 17.2 Å². The zero-order valence-corrected chi connectivity index (χ0v) is 17.8. The van der Waals surface area contributed by atoms with Crippen LogP contribution in [0, 0.1) is 11.6 Å². The van der Waals surface area contributed by atoms with E-state index < -0.39 is 28.9 Å². The number of halogens is 2. The molecule has 0 spiro atoms. The Kier molecular flexibility index (Phi) is 7.17. The van der Waals surface area contributed by atoms with Crippen molar-refractivity contribution in [2.45, 2.75) is 58.6 Å². The lowest BCUT2D eigenvalue weighted by molar-refractivity contribution is -0.122. The van der Waals surface area contributed by atoms with E-state index in [0.717, 1.165) is 12.1 Å². The molecule has 2 rings (SSSR count). The van der Waals surface area contributed by atoms with E-state index in [1.165, 1.54) is 12.3 Å². The van der Waals surface area contributed by atoms with Crippen LogP contribution in [0.2, 0.25) is 0 Å². The van der Waals surface area contributed by atoms with E-state index in [1.807, 2.05) is 0 Å². The van der Waals surface area contributed by atoms with Gasteiger partial charge in [-0.1, -0.05) is 0 Å². The number of oxazole rings is 1. The number of nitrogens with zero attached hydrogens (tertiary/aromatic N) is 1. The zero-order chi connectivity index (χ0) is 22.5. The number of hydrogen-bond acceptors (Lipinski definition) is 5. The smallest absolute Gasteiger partial charge is 0.407 e. The van der Waals surface area contributed by atoms with Crippen LogP contribution >= 0.6 is 0 Å². The SMILES string of the molecule is CC(C)(CNC(=O)OC(C)(C)C)NC(=O)CCc1ncc(-c2ccc(F)cc2F)o1. The summed E-state index contributed by atoms with van der Waals surface area (Å²) in [7, 11) is 0. The standard InChI is InChI=1S/C21H27F2N3O4/c1-20(2,3)30-19(28)25-12-21(4,5)26-17(27)8-9-18-24-11-16(29-18)14-7-6-13(22)10-15(14)23/h6-7,10-11H,8-9,12H2,1-5H3,(H,25,28)(H,26,27). The lowest BCUT2D eigenvalue weighted by Crippen LogP contribution is -2.52. The molecule has 2 amide bonds. The molecule has 0 aliphatic rings.